The average molecular weight is 307 g/mol. The first-order valence-electron chi connectivity index (χ1n) is 6.29. The quantitative estimate of drug-likeness (QED) is 0.605. The lowest BCUT2D eigenvalue weighted by molar-refractivity contribution is -0.125. The van der Waals surface area contributed by atoms with Crippen LogP contribution in [-0.2, 0) is 4.79 Å². The van der Waals surface area contributed by atoms with E-state index in [0.29, 0.717) is 9.23 Å². The van der Waals surface area contributed by atoms with E-state index in [1.807, 2.05) is 52.0 Å². The summed E-state index contributed by atoms with van der Waals surface area (Å²) in [6, 6.07) is 3.70. The van der Waals surface area contributed by atoms with Gasteiger partial charge >= 0.3 is 0 Å². The molecular formula is C15H17NO2S2. The summed E-state index contributed by atoms with van der Waals surface area (Å²) in [5.41, 5.74) is 0.657. The molecule has 2 heterocycles. The molecule has 0 spiro atoms. The highest BCUT2D eigenvalue weighted by atomic mass is 32.2. The third-order valence-electron chi connectivity index (χ3n) is 2.74. The molecule has 1 aromatic heterocycles. The molecule has 0 bridgehead atoms. The summed E-state index contributed by atoms with van der Waals surface area (Å²) in [6.07, 6.45) is 5.37. The molecule has 0 aromatic carbocycles. The van der Waals surface area contributed by atoms with Crippen LogP contribution >= 0.6 is 24.0 Å². The molecule has 0 radical (unpaired) electrons. The summed E-state index contributed by atoms with van der Waals surface area (Å²) in [5, 5.41) is 0. The number of hydrogen-bond acceptors (Lipinski definition) is 4. The molecule has 1 saturated heterocycles. The van der Waals surface area contributed by atoms with E-state index in [0.717, 1.165) is 11.3 Å². The number of hydrogen-bond donors (Lipinski definition) is 0. The Hall–Kier alpha value is -1.33. The zero-order chi connectivity index (χ0) is 14.9. The summed E-state index contributed by atoms with van der Waals surface area (Å²) >= 11 is 6.65. The molecule has 1 amide bonds. The fraction of sp³-hybridized carbons (Fsp3) is 0.333. The molecule has 106 valence electrons. The fourth-order valence-electron chi connectivity index (χ4n) is 1.89. The second-order valence-electron chi connectivity index (χ2n) is 5.59. The fourth-order valence-corrected chi connectivity index (χ4v) is 3.58. The molecular weight excluding hydrogens is 290 g/mol. The van der Waals surface area contributed by atoms with E-state index in [4.69, 9.17) is 16.6 Å². The summed E-state index contributed by atoms with van der Waals surface area (Å²) in [4.78, 5) is 14.7. The van der Waals surface area contributed by atoms with Crippen LogP contribution in [0.5, 0.6) is 0 Å². The van der Waals surface area contributed by atoms with Gasteiger partial charge in [0.15, 0.2) is 0 Å². The number of amides is 1. The van der Waals surface area contributed by atoms with Gasteiger partial charge < -0.3 is 4.42 Å². The Balaban J connectivity index is 2.24. The van der Waals surface area contributed by atoms with E-state index in [2.05, 4.69) is 0 Å². The molecule has 2 rings (SSSR count). The third-order valence-corrected chi connectivity index (χ3v) is 4.04. The number of allylic oxidation sites excluding steroid dienone is 2. The minimum absolute atomic E-state index is 0.0281. The first-order valence-corrected chi connectivity index (χ1v) is 7.51. The normalized spacial score (nSPS) is 19.3. The molecule has 1 aliphatic heterocycles. The van der Waals surface area contributed by atoms with Crippen molar-refractivity contribution in [3.63, 3.8) is 0 Å². The molecule has 1 aliphatic rings. The van der Waals surface area contributed by atoms with Crippen LogP contribution in [0.4, 0.5) is 0 Å². The van der Waals surface area contributed by atoms with Gasteiger partial charge in [-0.2, -0.15) is 0 Å². The van der Waals surface area contributed by atoms with Crippen molar-refractivity contribution in [2.75, 3.05) is 0 Å². The van der Waals surface area contributed by atoms with Gasteiger partial charge in [-0.25, -0.2) is 0 Å². The van der Waals surface area contributed by atoms with Crippen LogP contribution in [0.1, 0.15) is 33.5 Å². The zero-order valence-corrected chi connectivity index (χ0v) is 13.6. The van der Waals surface area contributed by atoms with Crippen LogP contribution in [0, 0.1) is 0 Å². The summed E-state index contributed by atoms with van der Waals surface area (Å²) in [6.45, 7) is 7.87. The average Bonchev–Trinajstić information content (AvgIpc) is 2.87. The molecule has 0 N–H and O–H groups in total. The minimum atomic E-state index is -0.296. The molecule has 5 heteroatoms. The molecule has 0 saturated carbocycles. The van der Waals surface area contributed by atoms with Gasteiger partial charge in [0.2, 0.25) is 0 Å². The topological polar surface area (TPSA) is 33.5 Å². The van der Waals surface area contributed by atoms with Gasteiger partial charge in [0.25, 0.3) is 5.91 Å². The first-order chi connectivity index (χ1) is 9.29. The molecule has 0 aliphatic carbocycles. The van der Waals surface area contributed by atoms with Crippen LogP contribution in [0.15, 0.2) is 39.4 Å². The largest absolute Gasteiger partial charge is 0.465 e. The van der Waals surface area contributed by atoms with Crippen molar-refractivity contribution in [3.05, 3.63) is 40.7 Å². The number of carbonyl (C=O) groups is 1. The van der Waals surface area contributed by atoms with Gasteiger partial charge in [0.05, 0.1) is 11.2 Å². The predicted octanol–water partition coefficient (Wildman–Crippen LogP) is 4.23. The van der Waals surface area contributed by atoms with Gasteiger partial charge in [-0.15, -0.1) is 0 Å². The highest BCUT2D eigenvalue weighted by Gasteiger charge is 2.38. The molecule has 3 nitrogen and oxygen atoms in total. The number of thioether (sulfide) groups is 1. The Labute approximate surface area is 128 Å². The number of thiocarbonyl (C=S) groups is 1. The monoisotopic (exact) mass is 307 g/mol. The maximum Gasteiger partial charge on any atom is 0.266 e. The molecule has 0 atom stereocenters. The van der Waals surface area contributed by atoms with E-state index in [1.165, 1.54) is 11.8 Å². The lowest BCUT2D eigenvalue weighted by Gasteiger charge is -2.30. The van der Waals surface area contributed by atoms with E-state index >= 15 is 0 Å². The number of furan rings is 1. The van der Waals surface area contributed by atoms with E-state index in [-0.39, 0.29) is 11.4 Å². The second kappa shape index (κ2) is 5.58. The van der Waals surface area contributed by atoms with Crippen molar-refractivity contribution in [1.82, 2.24) is 4.90 Å². The first kappa shape index (κ1) is 15.1. The van der Waals surface area contributed by atoms with E-state index < -0.39 is 0 Å². The maximum atomic E-state index is 12.4. The Bertz CT molecular complexity index is 592. The smallest absolute Gasteiger partial charge is 0.266 e. The van der Waals surface area contributed by atoms with Gasteiger partial charge in [0.1, 0.15) is 10.1 Å². The molecule has 0 unspecified atom stereocenters. The van der Waals surface area contributed by atoms with Gasteiger partial charge in [-0.1, -0.05) is 24.0 Å². The van der Waals surface area contributed by atoms with Crippen molar-refractivity contribution in [3.8, 4) is 0 Å². The Morgan fingerprint density at radius 3 is 2.65 bits per heavy atom. The maximum absolute atomic E-state index is 12.4. The summed E-state index contributed by atoms with van der Waals surface area (Å²) < 4.78 is 5.87. The van der Waals surface area contributed by atoms with Crippen molar-refractivity contribution < 1.29 is 9.21 Å². The van der Waals surface area contributed by atoms with Crippen molar-refractivity contribution >= 4 is 40.3 Å². The highest BCUT2D eigenvalue weighted by molar-refractivity contribution is 8.26. The molecule has 1 fully saturated rings. The second-order valence-corrected chi connectivity index (χ2v) is 7.27. The van der Waals surface area contributed by atoms with Crippen LogP contribution in [-0.4, -0.2) is 20.7 Å². The lowest BCUT2D eigenvalue weighted by Crippen LogP contribution is -2.44. The number of rotatable bonds is 2. The third kappa shape index (κ3) is 3.22. The van der Waals surface area contributed by atoms with Crippen LogP contribution in [0.25, 0.3) is 6.08 Å². The number of carbonyl (C=O) groups excluding carboxylic acids is 1. The molecule has 1 aromatic rings. The van der Waals surface area contributed by atoms with Crippen molar-refractivity contribution in [2.45, 2.75) is 33.2 Å². The van der Waals surface area contributed by atoms with Gasteiger partial charge in [-0.3, -0.25) is 9.69 Å². The summed E-state index contributed by atoms with van der Waals surface area (Å²) in [5.74, 6) is 0.741. The Morgan fingerprint density at radius 2 is 2.15 bits per heavy atom. The minimum Gasteiger partial charge on any atom is -0.465 e. The van der Waals surface area contributed by atoms with E-state index in [9.17, 15) is 4.79 Å². The van der Waals surface area contributed by atoms with E-state index in [1.54, 1.807) is 11.2 Å². The lowest BCUT2D eigenvalue weighted by atomic mass is 10.1. The van der Waals surface area contributed by atoms with Crippen LogP contribution in [0.3, 0.4) is 0 Å². The van der Waals surface area contributed by atoms with Crippen molar-refractivity contribution in [2.24, 2.45) is 0 Å². The standard InChI is InChI=1S/C15H17NO2S2/c1-10(8-11-6-5-7-18-11)9-12-13(17)16(14(19)20-12)15(2,3)4/h5-9H,1-4H3/b10-8+,12-9+. The van der Waals surface area contributed by atoms with Crippen molar-refractivity contribution in [1.29, 1.82) is 0 Å². The SMILES string of the molecule is CC(=C\c1ccco1)/C=C1/SC(=S)N(C(C)(C)C)C1=O. The Morgan fingerprint density at radius 1 is 1.45 bits per heavy atom. The van der Waals surface area contributed by atoms with Crippen LogP contribution in [0.2, 0.25) is 0 Å². The predicted molar refractivity (Wildman–Crippen MR) is 87.2 cm³/mol. The number of nitrogens with zero attached hydrogens (tertiary/aromatic N) is 1. The van der Waals surface area contributed by atoms with Gasteiger partial charge in [-0.05, 0) is 57.6 Å². The highest BCUT2D eigenvalue weighted by Crippen LogP contribution is 2.36. The zero-order valence-electron chi connectivity index (χ0n) is 12.0. The molecule has 20 heavy (non-hydrogen) atoms. The van der Waals surface area contributed by atoms with Gasteiger partial charge in [0, 0.05) is 5.54 Å². The van der Waals surface area contributed by atoms with Crippen LogP contribution < -0.4 is 0 Å². The summed E-state index contributed by atoms with van der Waals surface area (Å²) in [7, 11) is 0. The Kier molecular flexibility index (Phi) is 4.20.